The molecule has 0 spiro atoms. The molecule has 3 N–H and O–H groups in total. The molecule has 2 aliphatic carbocycles. The Morgan fingerprint density at radius 3 is 2.61 bits per heavy atom. The number of aliphatic hydroxyl groups is 1. The molecule has 3 atom stereocenters. The average molecular weight is 494 g/mol. The van der Waals surface area contributed by atoms with Gasteiger partial charge in [-0.25, -0.2) is 18.1 Å². The van der Waals surface area contributed by atoms with Crippen molar-refractivity contribution in [3.63, 3.8) is 0 Å². The van der Waals surface area contributed by atoms with Crippen LogP contribution in [0.25, 0.3) is 10.4 Å². The van der Waals surface area contributed by atoms with Crippen molar-refractivity contribution in [2.24, 2.45) is 5.92 Å². The molecule has 2 fully saturated rings. The lowest BCUT2D eigenvalue weighted by Crippen LogP contribution is -2.33. The minimum absolute atomic E-state index is 0.113. The molecule has 0 saturated heterocycles. The fraction of sp³-hybridized carbons (Fsp3) is 0.625. The van der Waals surface area contributed by atoms with E-state index < -0.39 is 16.1 Å². The van der Waals surface area contributed by atoms with Crippen molar-refractivity contribution in [3.05, 3.63) is 23.9 Å². The molecular formula is C24H35N3O4S2. The SMILES string of the molecule is COc1ccc(-c2sc(N[C@H](C)C3CCCCC3)nc2C)cc1S(=O)(=O)NC1CCC(O)C1. The summed E-state index contributed by atoms with van der Waals surface area (Å²) in [6, 6.07) is 5.35. The van der Waals surface area contributed by atoms with Crippen molar-refractivity contribution in [2.45, 2.75) is 88.3 Å². The zero-order valence-electron chi connectivity index (χ0n) is 19.6. The standard InChI is InChI=1S/C24H35N3O4S2/c1-15(17-7-5-4-6-8-17)25-24-26-16(2)23(32-24)18-9-12-21(31-3)22(13-18)33(29,30)27-19-10-11-20(28)14-19/h9,12-13,15,17,19-20,27-28H,4-8,10-11,14H2,1-3H3,(H,25,26)/t15-,19?,20?/m1/s1. The highest BCUT2D eigenvalue weighted by Crippen LogP contribution is 2.38. The predicted octanol–water partition coefficient (Wildman–Crippen LogP) is 4.70. The van der Waals surface area contributed by atoms with Gasteiger partial charge >= 0.3 is 0 Å². The smallest absolute Gasteiger partial charge is 0.244 e. The van der Waals surface area contributed by atoms with Crippen molar-refractivity contribution in [2.75, 3.05) is 12.4 Å². The minimum Gasteiger partial charge on any atom is -0.495 e. The number of rotatable bonds is 8. The van der Waals surface area contributed by atoms with Gasteiger partial charge in [0.05, 0.1) is 23.8 Å². The molecule has 182 valence electrons. The first-order valence-corrected chi connectivity index (χ1v) is 14.2. The van der Waals surface area contributed by atoms with E-state index >= 15 is 0 Å². The Hall–Kier alpha value is -1.68. The molecule has 0 aliphatic heterocycles. The molecule has 7 nitrogen and oxygen atoms in total. The summed E-state index contributed by atoms with van der Waals surface area (Å²) >= 11 is 1.56. The predicted molar refractivity (Wildman–Crippen MR) is 132 cm³/mol. The van der Waals surface area contributed by atoms with Gasteiger partial charge in [-0.05, 0) is 75.6 Å². The van der Waals surface area contributed by atoms with Gasteiger partial charge in [0.1, 0.15) is 10.6 Å². The average Bonchev–Trinajstić information content (AvgIpc) is 3.37. The Labute approximate surface area is 201 Å². The van der Waals surface area contributed by atoms with E-state index in [1.54, 1.807) is 23.5 Å². The number of aromatic nitrogens is 1. The first-order chi connectivity index (χ1) is 15.8. The lowest BCUT2D eigenvalue weighted by atomic mass is 9.85. The lowest BCUT2D eigenvalue weighted by Gasteiger charge is -2.28. The Kier molecular flexibility index (Phi) is 7.63. The Morgan fingerprint density at radius 1 is 1.18 bits per heavy atom. The summed E-state index contributed by atoms with van der Waals surface area (Å²) in [4.78, 5) is 5.79. The highest BCUT2D eigenvalue weighted by molar-refractivity contribution is 7.89. The van der Waals surface area contributed by atoms with Crippen LogP contribution in [0.2, 0.25) is 0 Å². The number of benzene rings is 1. The summed E-state index contributed by atoms with van der Waals surface area (Å²) in [6.07, 6.45) is 7.68. The molecule has 2 aliphatic rings. The van der Waals surface area contributed by atoms with E-state index in [1.165, 1.54) is 39.2 Å². The maximum absolute atomic E-state index is 13.2. The van der Waals surface area contributed by atoms with Crippen LogP contribution >= 0.6 is 11.3 Å². The number of ether oxygens (including phenoxy) is 1. The number of sulfonamides is 1. The van der Waals surface area contributed by atoms with Crippen molar-refractivity contribution < 1.29 is 18.3 Å². The maximum Gasteiger partial charge on any atom is 0.244 e. The van der Waals surface area contributed by atoms with E-state index in [0.29, 0.717) is 37.0 Å². The molecule has 1 heterocycles. The van der Waals surface area contributed by atoms with E-state index in [1.807, 2.05) is 13.0 Å². The van der Waals surface area contributed by atoms with E-state index in [9.17, 15) is 13.5 Å². The third-order valence-corrected chi connectivity index (χ3v) is 9.63. The maximum atomic E-state index is 13.2. The zero-order chi connectivity index (χ0) is 23.6. The molecule has 1 aromatic heterocycles. The zero-order valence-corrected chi connectivity index (χ0v) is 21.3. The molecule has 0 bridgehead atoms. The minimum atomic E-state index is -3.80. The summed E-state index contributed by atoms with van der Waals surface area (Å²) in [5.41, 5.74) is 1.68. The van der Waals surface area contributed by atoms with Crippen LogP contribution in [0.1, 0.15) is 64.0 Å². The lowest BCUT2D eigenvalue weighted by molar-refractivity contribution is 0.181. The number of nitrogens with one attached hydrogen (secondary N) is 2. The molecule has 33 heavy (non-hydrogen) atoms. The van der Waals surface area contributed by atoms with E-state index in [0.717, 1.165) is 21.3 Å². The number of methoxy groups -OCH3 is 1. The van der Waals surface area contributed by atoms with E-state index in [4.69, 9.17) is 9.72 Å². The van der Waals surface area contributed by atoms with Crippen molar-refractivity contribution in [1.82, 2.24) is 9.71 Å². The van der Waals surface area contributed by atoms with Crippen LogP contribution in [0, 0.1) is 12.8 Å². The molecule has 2 unspecified atom stereocenters. The third-order valence-electron chi connectivity index (χ3n) is 6.95. The number of hydrogen-bond donors (Lipinski definition) is 3. The number of hydrogen-bond acceptors (Lipinski definition) is 7. The van der Waals surface area contributed by atoms with Gasteiger partial charge in [-0.1, -0.05) is 30.6 Å². The first kappa shape index (κ1) is 24.4. The molecule has 1 aromatic carbocycles. The third kappa shape index (κ3) is 5.70. The molecule has 2 saturated carbocycles. The normalized spacial score (nSPS) is 22.9. The molecule has 0 amide bonds. The van der Waals surface area contributed by atoms with Gasteiger partial charge in [0.25, 0.3) is 0 Å². The Balaban J connectivity index is 1.57. The number of aryl methyl sites for hydroxylation is 1. The van der Waals surface area contributed by atoms with Gasteiger partial charge in [-0.2, -0.15) is 0 Å². The van der Waals surface area contributed by atoms with Crippen molar-refractivity contribution in [1.29, 1.82) is 0 Å². The summed E-state index contributed by atoms with van der Waals surface area (Å²) < 4.78 is 34.5. The van der Waals surface area contributed by atoms with Gasteiger partial charge < -0.3 is 15.2 Å². The summed E-state index contributed by atoms with van der Waals surface area (Å²) in [6.45, 7) is 4.19. The van der Waals surface area contributed by atoms with Gasteiger partial charge in [0.15, 0.2) is 5.13 Å². The largest absolute Gasteiger partial charge is 0.495 e. The molecule has 2 aromatic rings. The van der Waals surface area contributed by atoms with Gasteiger partial charge in [-0.3, -0.25) is 0 Å². The fourth-order valence-corrected chi connectivity index (χ4v) is 7.59. The summed E-state index contributed by atoms with van der Waals surface area (Å²) in [5.74, 6) is 0.973. The van der Waals surface area contributed by atoms with E-state index in [2.05, 4.69) is 17.0 Å². The second-order valence-corrected chi connectivity index (χ2v) is 12.1. The van der Waals surface area contributed by atoms with Crippen LogP contribution in [0.15, 0.2) is 23.1 Å². The topological polar surface area (TPSA) is 101 Å². The number of nitrogens with zero attached hydrogens (tertiary/aromatic N) is 1. The van der Waals surface area contributed by atoms with Crippen LogP contribution < -0.4 is 14.8 Å². The fourth-order valence-electron chi connectivity index (χ4n) is 5.05. The quantitative estimate of drug-likeness (QED) is 0.493. The summed E-state index contributed by atoms with van der Waals surface area (Å²) in [5, 5.41) is 14.2. The Morgan fingerprint density at radius 2 is 1.94 bits per heavy atom. The molecule has 0 radical (unpaired) electrons. The number of aliphatic hydroxyl groups excluding tert-OH is 1. The number of anilines is 1. The number of thiazole rings is 1. The highest BCUT2D eigenvalue weighted by Gasteiger charge is 2.30. The van der Waals surface area contributed by atoms with Crippen molar-refractivity contribution >= 4 is 26.5 Å². The van der Waals surface area contributed by atoms with Crippen LogP contribution in [0.4, 0.5) is 5.13 Å². The van der Waals surface area contributed by atoms with E-state index in [-0.39, 0.29) is 10.9 Å². The summed E-state index contributed by atoms with van der Waals surface area (Å²) in [7, 11) is -2.33. The first-order valence-electron chi connectivity index (χ1n) is 11.9. The van der Waals surface area contributed by atoms with Gasteiger partial charge in [0, 0.05) is 12.1 Å². The van der Waals surface area contributed by atoms with Gasteiger partial charge in [-0.15, -0.1) is 0 Å². The molecule has 4 rings (SSSR count). The van der Waals surface area contributed by atoms with Crippen LogP contribution in [0.5, 0.6) is 5.75 Å². The second-order valence-electron chi connectivity index (χ2n) is 9.42. The second kappa shape index (κ2) is 10.3. The van der Waals surface area contributed by atoms with Crippen molar-refractivity contribution in [3.8, 4) is 16.2 Å². The molecular weight excluding hydrogens is 458 g/mol. The van der Waals surface area contributed by atoms with Crippen LogP contribution in [0.3, 0.4) is 0 Å². The highest BCUT2D eigenvalue weighted by atomic mass is 32.2. The van der Waals surface area contributed by atoms with Crippen LogP contribution in [-0.2, 0) is 10.0 Å². The molecule has 9 heteroatoms. The Bertz CT molecular complexity index is 1060. The van der Waals surface area contributed by atoms with Crippen LogP contribution in [-0.4, -0.2) is 43.8 Å². The monoisotopic (exact) mass is 493 g/mol. The van der Waals surface area contributed by atoms with Gasteiger partial charge in [0.2, 0.25) is 10.0 Å².